The van der Waals surface area contributed by atoms with Crippen molar-refractivity contribution in [2.24, 2.45) is 0 Å². The Morgan fingerprint density at radius 1 is 1.22 bits per heavy atom. The standard InChI is InChI=1S/C11H11N3O4/c15-6-5-10-12-13-11(18-10)7-8-1-3-9(4-2-8)14(16)17/h1-4,15H,5-7H2. The van der Waals surface area contributed by atoms with Gasteiger partial charge in [-0.05, 0) is 5.56 Å². The van der Waals surface area contributed by atoms with Crippen molar-refractivity contribution in [2.75, 3.05) is 6.61 Å². The van der Waals surface area contributed by atoms with Crippen molar-refractivity contribution >= 4 is 5.69 Å². The Labute approximate surface area is 102 Å². The minimum Gasteiger partial charge on any atom is -0.425 e. The highest BCUT2D eigenvalue weighted by atomic mass is 16.6. The van der Waals surface area contributed by atoms with Crippen LogP contribution in [0.25, 0.3) is 0 Å². The van der Waals surface area contributed by atoms with E-state index in [2.05, 4.69) is 10.2 Å². The minimum absolute atomic E-state index is 0.0425. The third kappa shape index (κ3) is 2.89. The second kappa shape index (κ2) is 5.37. The van der Waals surface area contributed by atoms with Gasteiger partial charge in [-0.2, -0.15) is 0 Å². The topological polar surface area (TPSA) is 102 Å². The van der Waals surface area contributed by atoms with Gasteiger partial charge in [0.1, 0.15) is 0 Å². The molecule has 94 valence electrons. The van der Waals surface area contributed by atoms with Crippen LogP contribution in [0.1, 0.15) is 17.3 Å². The van der Waals surface area contributed by atoms with Gasteiger partial charge in [0, 0.05) is 18.6 Å². The van der Waals surface area contributed by atoms with Crippen LogP contribution in [0, 0.1) is 10.1 Å². The average molecular weight is 249 g/mol. The van der Waals surface area contributed by atoms with Gasteiger partial charge in [-0.3, -0.25) is 10.1 Å². The summed E-state index contributed by atoms with van der Waals surface area (Å²) < 4.78 is 5.29. The van der Waals surface area contributed by atoms with Gasteiger partial charge in [-0.15, -0.1) is 10.2 Å². The highest BCUT2D eigenvalue weighted by Gasteiger charge is 2.08. The van der Waals surface area contributed by atoms with Gasteiger partial charge in [0.2, 0.25) is 11.8 Å². The molecular formula is C11H11N3O4. The molecule has 0 saturated carbocycles. The van der Waals surface area contributed by atoms with Gasteiger partial charge in [0.15, 0.2) is 0 Å². The highest BCUT2D eigenvalue weighted by Crippen LogP contribution is 2.14. The van der Waals surface area contributed by atoms with Crippen molar-refractivity contribution in [3.8, 4) is 0 Å². The van der Waals surface area contributed by atoms with Gasteiger partial charge in [-0.25, -0.2) is 0 Å². The molecule has 18 heavy (non-hydrogen) atoms. The monoisotopic (exact) mass is 249 g/mol. The van der Waals surface area contributed by atoms with Crippen molar-refractivity contribution in [2.45, 2.75) is 12.8 Å². The number of rotatable bonds is 5. The zero-order valence-corrected chi connectivity index (χ0v) is 9.44. The van der Waals surface area contributed by atoms with Gasteiger partial charge in [0.05, 0.1) is 18.0 Å². The summed E-state index contributed by atoms with van der Waals surface area (Å²) in [6.45, 7) is -0.0425. The molecular weight excluding hydrogens is 238 g/mol. The van der Waals surface area contributed by atoms with E-state index in [1.807, 2.05) is 0 Å². The van der Waals surface area contributed by atoms with Gasteiger partial charge >= 0.3 is 0 Å². The Bertz CT molecular complexity index is 535. The van der Waals surface area contributed by atoms with Crippen molar-refractivity contribution in [3.63, 3.8) is 0 Å². The maximum atomic E-state index is 10.5. The molecule has 1 aromatic heterocycles. The number of nitro benzene ring substituents is 1. The molecule has 1 aromatic carbocycles. The third-order valence-electron chi connectivity index (χ3n) is 2.34. The van der Waals surface area contributed by atoms with E-state index >= 15 is 0 Å². The largest absolute Gasteiger partial charge is 0.425 e. The summed E-state index contributed by atoms with van der Waals surface area (Å²) in [6, 6.07) is 6.16. The molecule has 2 rings (SSSR count). The molecule has 0 atom stereocenters. The second-order valence-corrected chi connectivity index (χ2v) is 3.66. The normalized spacial score (nSPS) is 10.5. The molecule has 0 fully saturated rings. The lowest BCUT2D eigenvalue weighted by Gasteiger charge is -1.96. The first-order valence-electron chi connectivity index (χ1n) is 5.34. The van der Waals surface area contributed by atoms with Crippen molar-refractivity contribution < 1.29 is 14.4 Å². The zero-order valence-electron chi connectivity index (χ0n) is 9.44. The quantitative estimate of drug-likeness (QED) is 0.628. The molecule has 0 aliphatic carbocycles. The van der Waals surface area contributed by atoms with Gasteiger partial charge in [-0.1, -0.05) is 12.1 Å². The van der Waals surface area contributed by atoms with Gasteiger partial charge < -0.3 is 9.52 Å². The Morgan fingerprint density at radius 2 is 1.89 bits per heavy atom. The smallest absolute Gasteiger partial charge is 0.269 e. The Morgan fingerprint density at radius 3 is 2.50 bits per heavy atom. The molecule has 7 nitrogen and oxygen atoms in total. The van der Waals surface area contributed by atoms with Crippen LogP contribution in [0.3, 0.4) is 0 Å². The molecule has 1 N–H and O–H groups in total. The Balaban J connectivity index is 2.06. The molecule has 1 heterocycles. The molecule has 0 aliphatic heterocycles. The molecule has 0 spiro atoms. The summed E-state index contributed by atoms with van der Waals surface area (Å²) in [5.41, 5.74) is 0.894. The number of hydrogen-bond acceptors (Lipinski definition) is 6. The fourth-order valence-corrected chi connectivity index (χ4v) is 1.47. The number of aliphatic hydroxyl groups excluding tert-OH is 1. The van der Waals surface area contributed by atoms with E-state index in [1.54, 1.807) is 12.1 Å². The average Bonchev–Trinajstić information content (AvgIpc) is 2.78. The molecule has 0 saturated heterocycles. The SMILES string of the molecule is O=[N+]([O-])c1ccc(Cc2nnc(CCO)o2)cc1. The summed E-state index contributed by atoms with van der Waals surface area (Å²) in [4.78, 5) is 10.0. The molecule has 0 radical (unpaired) electrons. The van der Waals surface area contributed by atoms with Crippen molar-refractivity contribution in [1.82, 2.24) is 10.2 Å². The summed E-state index contributed by atoms with van der Waals surface area (Å²) in [5.74, 6) is 0.807. The van der Waals surface area contributed by atoms with Crippen LogP contribution in [0.15, 0.2) is 28.7 Å². The second-order valence-electron chi connectivity index (χ2n) is 3.66. The lowest BCUT2D eigenvalue weighted by Crippen LogP contribution is -1.91. The van der Waals surface area contributed by atoms with Crippen LogP contribution >= 0.6 is 0 Å². The number of non-ortho nitro benzene ring substituents is 1. The molecule has 0 bridgehead atoms. The summed E-state index contributed by atoms with van der Waals surface area (Å²) in [5, 5.41) is 26.8. The van der Waals surface area contributed by atoms with E-state index in [0.717, 1.165) is 5.56 Å². The maximum absolute atomic E-state index is 10.5. The number of nitro groups is 1. The first-order valence-corrected chi connectivity index (χ1v) is 5.34. The molecule has 0 unspecified atom stereocenters. The number of hydrogen-bond donors (Lipinski definition) is 1. The van der Waals surface area contributed by atoms with Crippen LogP contribution in [-0.4, -0.2) is 26.8 Å². The molecule has 2 aromatic rings. The first-order chi connectivity index (χ1) is 8.69. The first kappa shape index (κ1) is 12.2. The van der Waals surface area contributed by atoms with Crippen LogP contribution in [0.5, 0.6) is 0 Å². The molecule has 0 aliphatic rings. The number of nitrogens with zero attached hydrogens (tertiary/aromatic N) is 3. The van der Waals surface area contributed by atoms with Gasteiger partial charge in [0.25, 0.3) is 5.69 Å². The fraction of sp³-hybridized carbons (Fsp3) is 0.273. The predicted octanol–water partition coefficient (Wildman–Crippen LogP) is 1.10. The maximum Gasteiger partial charge on any atom is 0.269 e. The van der Waals surface area contributed by atoms with Crippen LogP contribution in [0.4, 0.5) is 5.69 Å². The highest BCUT2D eigenvalue weighted by molar-refractivity contribution is 5.33. The molecule has 7 heteroatoms. The Hall–Kier alpha value is -2.28. The third-order valence-corrected chi connectivity index (χ3v) is 2.34. The lowest BCUT2D eigenvalue weighted by atomic mass is 10.1. The van der Waals surface area contributed by atoms with E-state index in [1.165, 1.54) is 12.1 Å². The van der Waals surface area contributed by atoms with Crippen molar-refractivity contribution in [1.29, 1.82) is 0 Å². The lowest BCUT2D eigenvalue weighted by molar-refractivity contribution is -0.384. The number of aromatic nitrogens is 2. The van der Waals surface area contributed by atoms with E-state index in [-0.39, 0.29) is 12.3 Å². The van der Waals surface area contributed by atoms with Crippen LogP contribution in [-0.2, 0) is 12.8 Å². The van der Waals surface area contributed by atoms with E-state index in [0.29, 0.717) is 24.6 Å². The van der Waals surface area contributed by atoms with Crippen LogP contribution < -0.4 is 0 Å². The summed E-state index contributed by atoms with van der Waals surface area (Å²) >= 11 is 0. The predicted molar refractivity (Wildman–Crippen MR) is 61.0 cm³/mol. The fourth-order valence-electron chi connectivity index (χ4n) is 1.47. The Kier molecular flexibility index (Phi) is 3.63. The van der Waals surface area contributed by atoms with E-state index in [9.17, 15) is 10.1 Å². The van der Waals surface area contributed by atoms with Crippen molar-refractivity contribution in [3.05, 3.63) is 51.7 Å². The zero-order chi connectivity index (χ0) is 13.0. The van der Waals surface area contributed by atoms with Crippen LogP contribution in [0.2, 0.25) is 0 Å². The number of aliphatic hydroxyl groups is 1. The van der Waals surface area contributed by atoms with E-state index < -0.39 is 4.92 Å². The minimum atomic E-state index is -0.449. The summed E-state index contributed by atoms with van der Waals surface area (Å²) in [6.07, 6.45) is 0.740. The number of benzene rings is 1. The van der Waals surface area contributed by atoms with E-state index in [4.69, 9.17) is 9.52 Å². The molecule has 0 amide bonds. The summed E-state index contributed by atoms with van der Waals surface area (Å²) in [7, 11) is 0.